The Labute approximate surface area is 141 Å². The fourth-order valence-corrected chi connectivity index (χ4v) is 3.71. The number of amides is 1. The molecule has 0 atom stereocenters. The minimum atomic E-state index is -3.56. The summed E-state index contributed by atoms with van der Waals surface area (Å²) in [6, 6.07) is 12.2. The summed E-state index contributed by atoms with van der Waals surface area (Å²) in [4.78, 5) is 12.5. The van der Waals surface area contributed by atoms with Crippen LogP contribution in [0, 0.1) is 0 Å². The summed E-state index contributed by atoms with van der Waals surface area (Å²) in [5.74, 6) is -0.221. The van der Waals surface area contributed by atoms with Gasteiger partial charge < -0.3 is 10.6 Å². The summed E-state index contributed by atoms with van der Waals surface area (Å²) >= 11 is 0. The second-order valence-electron chi connectivity index (χ2n) is 5.55. The van der Waals surface area contributed by atoms with Crippen LogP contribution in [0.3, 0.4) is 0 Å². The molecule has 3 N–H and O–H groups in total. The van der Waals surface area contributed by atoms with E-state index in [0.29, 0.717) is 11.1 Å². The first kappa shape index (κ1) is 16.5. The first-order valence-corrected chi connectivity index (χ1v) is 9.16. The van der Waals surface area contributed by atoms with Gasteiger partial charge in [-0.25, -0.2) is 13.1 Å². The SMILES string of the molecule is CNS(=O)(=O)c1ccccc1CNC(=O)c1ccc2c(c1)CCN2. The van der Waals surface area contributed by atoms with Gasteiger partial charge in [0.1, 0.15) is 0 Å². The lowest BCUT2D eigenvalue weighted by molar-refractivity contribution is 0.0950. The number of nitrogens with one attached hydrogen (secondary N) is 3. The number of fused-ring (bicyclic) bond motifs is 1. The maximum Gasteiger partial charge on any atom is 0.251 e. The van der Waals surface area contributed by atoms with Gasteiger partial charge in [0.25, 0.3) is 5.91 Å². The Morgan fingerprint density at radius 3 is 2.79 bits per heavy atom. The monoisotopic (exact) mass is 345 g/mol. The van der Waals surface area contributed by atoms with E-state index in [-0.39, 0.29) is 17.3 Å². The zero-order valence-electron chi connectivity index (χ0n) is 13.3. The van der Waals surface area contributed by atoms with Gasteiger partial charge in [-0.1, -0.05) is 18.2 Å². The Kier molecular flexibility index (Phi) is 4.55. The molecular weight excluding hydrogens is 326 g/mol. The number of anilines is 1. The van der Waals surface area contributed by atoms with Crippen LogP contribution in [-0.4, -0.2) is 27.9 Å². The average molecular weight is 345 g/mol. The molecule has 1 amide bonds. The van der Waals surface area contributed by atoms with Gasteiger partial charge in [0.05, 0.1) is 4.90 Å². The molecule has 0 aliphatic carbocycles. The molecule has 3 rings (SSSR count). The van der Waals surface area contributed by atoms with Gasteiger partial charge in [-0.05, 0) is 48.9 Å². The van der Waals surface area contributed by atoms with Crippen LogP contribution in [0.5, 0.6) is 0 Å². The predicted molar refractivity (Wildman–Crippen MR) is 92.5 cm³/mol. The Morgan fingerprint density at radius 1 is 1.21 bits per heavy atom. The van der Waals surface area contributed by atoms with E-state index in [1.807, 2.05) is 12.1 Å². The van der Waals surface area contributed by atoms with Crippen molar-refractivity contribution in [2.45, 2.75) is 17.9 Å². The fraction of sp³-hybridized carbons (Fsp3) is 0.235. The number of hydrogen-bond donors (Lipinski definition) is 3. The number of benzene rings is 2. The maximum absolute atomic E-state index is 12.4. The van der Waals surface area contributed by atoms with Crippen LogP contribution in [-0.2, 0) is 23.0 Å². The average Bonchev–Trinajstić information content (AvgIpc) is 3.07. The van der Waals surface area contributed by atoms with E-state index < -0.39 is 10.0 Å². The van der Waals surface area contributed by atoms with Crippen molar-refractivity contribution in [3.63, 3.8) is 0 Å². The Hall–Kier alpha value is -2.38. The molecule has 1 heterocycles. The van der Waals surface area contributed by atoms with Crippen LogP contribution in [0.2, 0.25) is 0 Å². The first-order chi connectivity index (χ1) is 11.5. The third-order valence-corrected chi connectivity index (χ3v) is 5.56. The fourth-order valence-electron chi connectivity index (χ4n) is 2.75. The Morgan fingerprint density at radius 2 is 2.00 bits per heavy atom. The smallest absolute Gasteiger partial charge is 0.251 e. The van der Waals surface area contributed by atoms with E-state index >= 15 is 0 Å². The van der Waals surface area contributed by atoms with Crippen molar-refractivity contribution in [3.8, 4) is 0 Å². The molecule has 0 fully saturated rings. The predicted octanol–water partition coefficient (Wildman–Crippen LogP) is 1.49. The minimum absolute atomic E-state index is 0.144. The van der Waals surface area contributed by atoms with Crippen LogP contribution < -0.4 is 15.4 Å². The minimum Gasteiger partial charge on any atom is -0.384 e. The van der Waals surface area contributed by atoms with Crippen LogP contribution >= 0.6 is 0 Å². The summed E-state index contributed by atoms with van der Waals surface area (Å²) in [5.41, 5.74) is 3.31. The zero-order chi connectivity index (χ0) is 17.2. The van der Waals surface area contributed by atoms with E-state index in [1.54, 1.807) is 24.3 Å². The van der Waals surface area contributed by atoms with Crippen molar-refractivity contribution in [3.05, 3.63) is 59.2 Å². The van der Waals surface area contributed by atoms with Crippen LogP contribution in [0.15, 0.2) is 47.4 Å². The van der Waals surface area contributed by atoms with E-state index in [4.69, 9.17) is 0 Å². The van der Waals surface area contributed by atoms with Gasteiger partial charge >= 0.3 is 0 Å². The molecule has 0 saturated heterocycles. The number of carbonyl (C=O) groups is 1. The second kappa shape index (κ2) is 6.62. The molecule has 0 radical (unpaired) electrons. The molecule has 0 bridgehead atoms. The molecule has 24 heavy (non-hydrogen) atoms. The van der Waals surface area contributed by atoms with Crippen molar-refractivity contribution in [1.82, 2.24) is 10.0 Å². The number of carbonyl (C=O) groups excluding carboxylic acids is 1. The molecular formula is C17H19N3O3S. The van der Waals surface area contributed by atoms with E-state index in [1.165, 1.54) is 13.1 Å². The lowest BCUT2D eigenvalue weighted by atomic mass is 10.1. The molecule has 126 valence electrons. The van der Waals surface area contributed by atoms with Crippen molar-refractivity contribution in [1.29, 1.82) is 0 Å². The summed E-state index contributed by atoms with van der Waals surface area (Å²) in [6.07, 6.45) is 0.902. The van der Waals surface area contributed by atoms with Crippen LogP contribution in [0.1, 0.15) is 21.5 Å². The molecule has 0 saturated carbocycles. The highest BCUT2D eigenvalue weighted by molar-refractivity contribution is 7.89. The summed E-state index contributed by atoms with van der Waals surface area (Å²) in [7, 11) is -2.19. The third kappa shape index (κ3) is 3.27. The van der Waals surface area contributed by atoms with Gasteiger partial charge in [-0.3, -0.25) is 4.79 Å². The topological polar surface area (TPSA) is 87.3 Å². The van der Waals surface area contributed by atoms with Gasteiger partial charge in [0, 0.05) is 24.3 Å². The molecule has 1 aliphatic heterocycles. The standard InChI is InChI=1S/C17H19N3O3S/c1-18-24(22,23)16-5-3-2-4-14(16)11-20-17(21)13-6-7-15-12(10-13)8-9-19-15/h2-7,10,18-19H,8-9,11H2,1H3,(H,20,21). The highest BCUT2D eigenvalue weighted by Gasteiger charge is 2.17. The Bertz CT molecular complexity index is 878. The van der Waals surface area contributed by atoms with E-state index in [2.05, 4.69) is 15.4 Å². The maximum atomic E-state index is 12.4. The molecule has 2 aromatic carbocycles. The van der Waals surface area contributed by atoms with Gasteiger partial charge in [0.15, 0.2) is 0 Å². The van der Waals surface area contributed by atoms with Crippen molar-refractivity contribution in [2.75, 3.05) is 18.9 Å². The van der Waals surface area contributed by atoms with E-state index in [9.17, 15) is 13.2 Å². The highest BCUT2D eigenvalue weighted by atomic mass is 32.2. The molecule has 6 nitrogen and oxygen atoms in total. The van der Waals surface area contributed by atoms with Crippen LogP contribution in [0.25, 0.3) is 0 Å². The Balaban J connectivity index is 1.76. The summed E-state index contributed by atoms with van der Waals surface area (Å²) in [6.45, 7) is 1.03. The van der Waals surface area contributed by atoms with Gasteiger partial charge in [-0.15, -0.1) is 0 Å². The molecule has 1 aliphatic rings. The van der Waals surface area contributed by atoms with Crippen molar-refractivity contribution < 1.29 is 13.2 Å². The largest absolute Gasteiger partial charge is 0.384 e. The molecule has 0 aromatic heterocycles. The number of hydrogen-bond acceptors (Lipinski definition) is 4. The highest BCUT2D eigenvalue weighted by Crippen LogP contribution is 2.23. The van der Waals surface area contributed by atoms with Crippen LogP contribution in [0.4, 0.5) is 5.69 Å². The number of sulfonamides is 1. The number of rotatable bonds is 5. The van der Waals surface area contributed by atoms with Crippen molar-refractivity contribution in [2.24, 2.45) is 0 Å². The van der Waals surface area contributed by atoms with Gasteiger partial charge in [0.2, 0.25) is 10.0 Å². The van der Waals surface area contributed by atoms with E-state index in [0.717, 1.165) is 24.2 Å². The quantitative estimate of drug-likeness (QED) is 0.766. The molecule has 0 unspecified atom stereocenters. The second-order valence-corrected chi connectivity index (χ2v) is 7.40. The molecule has 7 heteroatoms. The molecule has 2 aromatic rings. The zero-order valence-corrected chi connectivity index (χ0v) is 14.1. The summed E-state index contributed by atoms with van der Waals surface area (Å²) < 4.78 is 26.4. The third-order valence-electron chi connectivity index (χ3n) is 4.05. The van der Waals surface area contributed by atoms with Crippen molar-refractivity contribution >= 4 is 21.6 Å². The lowest BCUT2D eigenvalue weighted by Gasteiger charge is -2.11. The first-order valence-electron chi connectivity index (χ1n) is 7.68. The van der Waals surface area contributed by atoms with Gasteiger partial charge in [-0.2, -0.15) is 0 Å². The summed E-state index contributed by atoms with van der Waals surface area (Å²) in [5, 5.41) is 6.04. The molecule has 0 spiro atoms. The lowest BCUT2D eigenvalue weighted by Crippen LogP contribution is -2.26. The normalized spacial score (nSPS) is 13.2.